The number of halogens is 2. The molecule has 118 valence electrons. The Morgan fingerprint density at radius 2 is 1.73 bits per heavy atom. The molecule has 0 aliphatic carbocycles. The van der Waals surface area contributed by atoms with Gasteiger partial charge in [0.05, 0.1) is 11.5 Å². The Bertz CT molecular complexity index is 743. The fourth-order valence-corrected chi connectivity index (χ4v) is 3.62. The Morgan fingerprint density at radius 3 is 2.36 bits per heavy atom. The number of hydrogen-bond donors (Lipinski definition) is 1. The Balaban J connectivity index is 2.20. The zero-order chi connectivity index (χ0) is 16.2. The highest BCUT2D eigenvalue weighted by Crippen LogP contribution is 2.23. The Labute approximate surface area is 140 Å². The van der Waals surface area contributed by atoms with Crippen LogP contribution in [0, 0.1) is 0 Å². The molecule has 0 saturated carbocycles. The van der Waals surface area contributed by atoms with E-state index in [0.717, 1.165) is 5.56 Å². The van der Waals surface area contributed by atoms with E-state index in [1.165, 1.54) is 18.2 Å². The second-order valence-corrected chi connectivity index (χ2v) is 7.11. The number of ether oxygens (including phenoxy) is 1. The average molecular weight is 360 g/mol. The normalized spacial score (nSPS) is 11.4. The van der Waals surface area contributed by atoms with Gasteiger partial charge in [0.1, 0.15) is 5.75 Å². The number of nitrogens with one attached hydrogen (secondary N) is 1. The van der Waals surface area contributed by atoms with Crippen LogP contribution in [-0.4, -0.2) is 15.0 Å². The number of rotatable bonds is 6. The van der Waals surface area contributed by atoms with Gasteiger partial charge in [-0.3, -0.25) is 0 Å². The molecule has 0 aromatic heterocycles. The molecule has 0 radical (unpaired) electrons. The van der Waals surface area contributed by atoms with Crippen molar-refractivity contribution in [2.75, 3.05) is 6.61 Å². The van der Waals surface area contributed by atoms with Crippen LogP contribution in [0.2, 0.25) is 10.0 Å². The minimum absolute atomic E-state index is 0.0268. The summed E-state index contributed by atoms with van der Waals surface area (Å²) >= 11 is 11.7. The van der Waals surface area contributed by atoms with Crippen LogP contribution in [0.25, 0.3) is 0 Å². The highest BCUT2D eigenvalue weighted by molar-refractivity contribution is 7.89. The molecule has 22 heavy (non-hydrogen) atoms. The first-order valence-electron chi connectivity index (χ1n) is 6.59. The number of para-hydroxylation sites is 1. The van der Waals surface area contributed by atoms with Crippen LogP contribution in [0.4, 0.5) is 0 Å². The molecule has 0 fully saturated rings. The molecule has 0 heterocycles. The standard InChI is InChI=1S/C15H15Cl2NO3S/c1-2-21-15-6-4-3-5-11(15)10-18-22(19,20)14-8-12(16)7-13(17)9-14/h3-9,18H,2,10H2,1H3. The third-order valence-corrected chi connectivity index (χ3v) is 4.69. The molecule has 0 aliphatic heterocycles. The summed E-state index contributed by atoms with van der Waals surface area (Å²) in [6.07, 6.45) is 0. The highest BCUT2D eigenvalue weighted by Gasteiger charge is 2.16. The Hall–Kier alpha value is -1.27. The van der Waals surface area contributed by atoms with Gasteiger partial charge >= 0.3 is 0 Å². The lowest BCUT2D eigenvalue weighted by atomic mass is 10.2. The molecule has 0 spiro atoms. The first-order valence-corrected chi connectivity index (χ1v) is 8.83. The van der Waals surface area contributed by atoms with Gasteiger partial charge < -0.3 is 4.74 Å². The fourth-order valence-electron chi connectivity index (χ4n) is 1.89. The van der Waals surface area contributed by atoms with E-state index in [1.807, 2.05) is 19.1 Å². The summed E-state index contributed by atoms with van der Waals surface area (Å²) in [5.41, 5.74) is 0.751. The van der Waals surface area contributed by atoms with Crippen molar-refractivity contribution in [1.82, 2.24) is 4.72 Å². The third kappa shape index (κ3) is 4.36. The molecular formula is C15H15Cl2NO3S. The molecule has 0 unspecified atom stereocenters. The first kappa shape index (κ1) is 17.1. The highest BCUT2D eigenvalue weighted by atomic mass is 35.5. The summed E-state index contributed by atoms with van der Waals surface area (Å²) in [6, 6.07) is 11.4. The van der Waals surface area contributed by atoms with E-state index in [4.69, 9.17) is 27.9 Å². The summed E-state index contributed by atoms with van der Waals surface area (Å²) in [4.78, 5) is 0.0268. The van der Waals surface area contributed by atoms with E-state index in [1.54, 1.807) is 12.1 Å². The zero-order valence-electron chi connectivity index (χ0n) is 11.8. The van der Waals surface area contributed by atoms with Crippen molar-refractivity contribution in [3.63, 3.8) is 0 Å². The molecule has 2 aromatic carbocycles. The van der Waals surface area contributed by atoms with Crippen LogP contribution in [0.1, 0.15) is 12.5 Å². The largest absolute Gasteiger partial charge is 0.494 e. The summed E-state index contributed by atoms with van der Waals surface area (Å²) in [5, 5.41) is 0.533. The van der Waals surface area contributed by atoms with Crippen molar-refractivity contribution in [3.8, 4) is 5.75 Å². The van der Waals surface area contributed by atoms with Gasteiger partial charge in [0, 0.05) is 22.2 Å². The topological polar surface area (TPSA) is 55.4 Å². The predicted molar refractivity (Wildman–Crippen MR) is 88.1 cm³/mol. The van der Waals surface area contributed by atoms with E-state index >= 15 is 0 Å². The number of hydrogen-bond acceptors (Lipinski definition) is 3. The molecular weight excluding hydrogens is 345 g/mol. The molecule has 0 amide bonds. The molecule has 2 rings (SSSR count). The second kappa shape index (κ2) is 7.33. The van der Waals surface area contributed by atoms with E-state index in [0.29, 0.717) is 12.4 Å². The molecule has 2 aromatic rings. The summed E-state index contributed by atoms with van der Waals surface area (Å²) in [5.74, 6) is 0.650. The van der Waals surface area contributed by atoms with Crippen molar-refractivity contribution in [2.45, 2.75) is 18.4 Å². The lowest BCUT2D eigenvalue weighted by Gasteiger charge is -2.11. The van der Waals surface area contributed by atoms with Crippen molar-refractivity contribution < 1.29 is 13.2 Å². The van der Waals surface area contributed by atoms with Crippen LogP contribution >= 0.6 is 23.2 Å². The summed E-state index contributed by atoms with van der Waals surface area (Å²) < 4.78 is 32.6. The molecule has 7 heteroatoms. The van der Waals surface area contributed by atoms with Gasteiger partial charge in [0.15, 0.2) is 0 Å². The lowest BCUT2D eigenvalue weighted by Crippen LogP contribution is -2.23. The van der Waals surface area contributed by atoms with E-state index in [2.05, 4.69) is 4.72 Å². The van der Waals surface area contributed by atoms with Gasteiger partial charge in [-0.25, -0.2) is 13.1 Å². The molecule has 0 aliphatic rings. The fraction of sp³-hybridized carbons (Fsp3) is 0.200. The van der Waals surface area contributed by atoms with Crippen molar-refractivity contribution in [2.24, 2.45) is 0 Å². The monoisotopic (exact) mass is 359 g/mol. The van der Waals surface area contributed by atoms with E-state index in [-0.39, 0.29) is 21.5 Å². The zero-order valence-corrected chi connectivity index (χ0v) is 14.2. The molecule has 1 N–H and O–H groups in total. The Kier molecular flexibility index (Phi) is 5.69. The molecule has 0 saturated heterocycles. The van der Waals surface area contributed by atoms with Crippen molar-refractivity contribution in [1.29, 1.82) is 0 Å². The smallest absolute Gasteiger partial charge is 0.240 e. The predicted octanol–water partition coefficient (Wildman–Crippen LogP) is 3.87. The number of benzene rings is 2. The van der Waals surface area contributed by atoms with Gasteiger partial charge in [-0.1, -0.05) is 41.4 Å². The summed E-state index contributed by atoms with van der Waals surface area (Å²) in [6.45, 7) is 2.49. The average Bonchev–Trinajstić information content (AvgIpc) is 2.46. The quantitative estimate of drug-likeness (QED) is 0.851. The van der Waals surface area contributed by atoms with E-state index < -0.39 is 10.0 Å². The number of sulfonamides is 1. The SMILES string of the molecule is CCOc1ccccc1CNS(=O)(=O)c1cc(Cl)cc(Cl)c1. The third-order valence-electron chi connectivity index (χ3n) is 2.87. The maximum Gasteiger partial charge on any atom is 0.240 e. The lowest BCUT2D eigenvalue weighted by molar-refractivity contribution is 0.336. The maximum atomic E-state index is 12.3. The second-order valence-electron chi connectivity index (χ2n) is 4.47. The maximum absolute atomic E-state index is 12.3. The van der Waals surface area contributed by atoms with Gasteiger partial charge in [-0.2, -0.15) is 0 Å². The van der Waals surface area contributed by atoms with Crippen LogP contribution in [-0.2, 0) is 16.6 Å². The van der Waals surface area contributed by atoms with Crippen molar-refractivity contribution >= 4 is 33.2 Å². The van der Waals surface area contributed by atoms with Crippen LogP contribution in [0.15, 0.2) is 47.4 Å². The van der Waals surface area contributed by atoms with E-state index in [9.17, 15) is 8.42 Å². The molecule has 0 bridgehead atoms. The van der Waals surface area contributed by atoms with Crippen molar-refractivity contribution in [3.05, 3.63) is 58.1 Å². The molecule has 0 atom stereocenters. The summed E-state index contributed by atoms with van der Waals surface area (Å²) in [7, 11) is -3.71. The van der Waals surface area contributed by atoms with Gasteiger partial charge in [-0.05, 0) is 31.2 Å². The van der Waals surface area contributed by atoms with Crippen LogP contribution in [0.3, 0.4) is 0 Å². The van der Waals surface area contributed by atoms with Gasteiger partial charge in [0.2, 0.25) is 10.0 Å². The first-order chi connectivity index (χ1) is 10.4. The van der Waals surface area contributed by atoms with Crippen LogP contribution < -0.4 is 9.46 Å². The molecule has 4 nitrogen and oxygen atoms in total. The Morgan fingerprint density at radius 1 is 1.09 bits per heavy atom. The van der Waals surface area contributed by atoms with Gasteiger partial charge in [0.25, 0.3) is 0 Å². The van der Waals surface area contributed by atoms with Gasteiger partial charge in [-0.15, -0.1) is 0 Å². The minimum Gasteiger partial charge on any atom is -0.494 e. The van der Waals surface area contributed by atoms with Crippen LogP contribution in [0.5, 0.6) is 5.75 Å². The minimum atomic E-state index is -3.71.